The lowest BCUT2D eigenvalue weighted by Crippen LogP contribution is -2.48. The maximum atomic E-state index is 13.7. The van der Waals surface area contributed by atoms with Gasteiger partial charge in [0.25, 0.3) is 5.91 Å². The molecule has 0 saturated heterocycles. The van der Waals surface area contributed by atoms with E-state index in [1.165, 1.54) is 0 Å². The average molecular weight is 380 g/mol. The van der Waals surface area contributed by atoms with Gasteiger partial charge in [0.1, 0.15) is 23.7 Å². The number of carbonyl (C=O) groups excluding carboxylic acids is 1. The van der Waals surface area contributed by atoms with Crippen molar-refractivity contribution in [1.82, 2.24) is 5.32 Å². The minimum Gasteiger partial charge on any atom is -0.480 e. The van der Waals surface area contributed by atoms with Crippen molar-refractivity contribution < 1.29 is 49.8 Å². The maximum absolute atomic E-state index is 13.7. The lowest BCUT2D eigenvalue weighted by molar-refractivity contribution is -0.242. The van der Waals surface area contributed by atoms with Crippen LogP contribution in [0.25, 0.3) is 0 Å². The molecule has 0 radical (unpaired) electrons. The number of carboxylic acid groups (broad SMARTS) is 1. The van der Waals surface area contributed by atoms with E-state index in [4.69, 9.17) is 5.11 Å². The molecule has 3 N–H and O–H groups in total. The first-order chi connectivity index (χ1) is 11.2. The van der Waals surface area contributed by atoms with Gasteiger partial charge in [-0.25, -0.2) is 8.78 Å². The van der Waals surface area contributed by atoms with E-state index >= 15 is 0 Å². The SMILES string of the molecule is O=C(O)CNC(=O)c1c(F)cc(NC(C(F)(F)F)C(F)(F)F)cc1F. The molecule has 1 aromatic rings. The van der Waals surface area contributed by atoms with E-state index in [2.05, 4.69) is 0 Å². The molecule has 1 amide bonds. The highest BCUT2D eigenvalue weighted by atomic mass is 19.4. The van der Waals surface area contributed by atoms with Crippen molar-refractivity contribution in [3.05, 3.63) is 29.3 Å². The van der Waals surface area contributed by atoms with Crippen LogP contribution in [0.3, 0.4) is 0 Å². The van der Waals surface area contributed by atoms with Crippen LogP contribution in [-0.2, 0) is 4.79 Å². The van der Waals surface area contributed by atoms with Gasteiger partial charge < -0.3 is 15.7 Å². The molecule has 0 heterocycles. The number of amides is 1. The van der Waals surface area contributed by atoms with Gasteiger partial charge in [0.2, 0.25) is 6.04 Å². The monoisotopic (exact) mass is 380 g/mol. The Balaban J connectivity index is 3.13. The van der Waals surface area contributed by atoms with Crippen molar-refractivity contribution in [2.45, 2.75) is 18.4 Å². The Bertz CT molecular complexity index is 634. The van der Waals surface area contributed by atoms with E-state index in [1.807, 2.05) is 0 Å². The van der Waals surface area contributed by atoms with Crippen LogP contribution in [0, 0.1) is 11.6 Å². The Morgan fingerprint density at radius 1 is 1.00 bits per heavy atom. The highest BCUT2D eigenvalue weighted by Crippen LogP contribution is 2.36. The summed E-state index contributed by atoms with van der Waals surface area (Å²) in [7, 11) is 0. The van der Waals surface area contributed by atoms with Crippen LogP contribution in [0.1, 0.15) is 10.4 Å². The van der Waals surface area contributed by atoms with E-state index in [0.717, 1.165) is 5.32 Å². The van der Waals surface area contributed by atoms with Crippen LogP contribution in [0.15, 0.2) is 12.1 Å². The minimum absolute atomic E-state index is 0.0449. The second-order valence-electron chi connectivity index (χ2n) is 4.55. The molecular formula is C12H8F8N2O3. The third-order valence-corrected chi connectivity index (χ3v) is 2.63. The molecule has 1 aromatic carbocycles. The zero-order valence-electron chi connectivity index (χ0n) is 11.7. The van der Waals surface area contributed by atoms with Crippen molar-refractivity contribution in [1.29, 1.82) is 0 Å². The maximum Gasteiger partial charge on any atom is 0.417 e. The zero-order chi connectivity index (χ0) is 19.6. The zero-order valence-corrected chi connectivity index (χ0v) is 11.7. The number of hydrogen-bond acceptors (Lipinski definition) is 3. The summed E-state index contributed by atoms with van der Waals surface area (Å²) in [5, 5.41) is 10.8. The second kappa shape index (κ2) is 7.11. The van der Waals surface area contributed by atoms with Gasteiger partial charge in [0.05, 0.1) is 0 Å². The third kappa shape index (κ3) is 5.46. The van der Waals surface area contributed by atoms with Crippen LogP contribution < -0.4 is 10.6 Å². The van der Waals surface area contributed by atoms with Crippen molar-refractivity contribution >= 4 is 17.6 Å². The number of carbonyl (C=O) groups is 2. The van der Waals surface area contributed by atoms with Gasteiger partial charge in [0, 0.05) is 5.69 Å². The van der Waals surface area contributed by atoms with Gasteiger partial charge in [-0.15, -0.1) is 0 Å². The molecule has 0 bridgehead atoms. The van der Waals surface area contributed by atoms with Crippen LogP contribution in [0.5, 0.6) is 0 Å². The van der Waals surface area contributed by atoms with E-state index in [9.17, 15) is 44.7 Å². The first kappa shape index (κ1) is 20.4. The van der Waals surface area contributed by atoms with Crippen molar-refractivity contribution in [2.24, 2.45) is 0 Å². The van der Waals surface area contributed by atoms with Gasteiger partial charge in [-0.2, -0.15) is 26.3 Å². The van der Waals surface area contributed by atoms with E-state index in [0.29, 0.717) is 0 Å². The fourth-order valence-corrected chi connectivity index (χ4v) is 1.63. The molecule has 0 aliphatic rings. The first-order valence-electron chi connectivity index (χ1n) is 6.12. The summed E-state index contributed by atoms with van der Waals surface area (Å²) in [5.41, 5.74) is -2.58. The average Bonchev–Trinajstić information content (AvgIpc) is 2.39. The van der Waals surface area contributed by atoms with Crippen LogP contribution in [0.2, 0.25) is 0 Å². The number of alkyl halides is 6. The Hall–Kier alpha value is -2.60. The molecule has 5 nitrogen and oxygen atoms in total. The third-order valence-electron chi connectivity index (χ3n) is 2.63. The molecule has 0 atom stereocenters. The van der Waals surface area contributed by atoms with Gasteiger partial charge in [-0.3, -0.25) is 9.59 Å². The number of hydrogen-bond donors (Lipinski definition) is 3. The smallest absolute Gasteiger partial charge is 0.417 e. The van der Waals surface area contributed by atoms with Gasteiger partial charge >= 0.3 is 18.3 Å². The summed E-state index contributed by atoms with van der Waals surface area (Å²) in [6, 6.07) is -4.00. The normalized spacial score (nSPS) is 12.2. The molecule has 0 fully saturated rings. The molecule has 0 spiro atoms. The Morgan fingerprint density at radius 3 is 1.80 bits per heavy atom. The predicted octanol–water partition coefficient (Wildman–Crippen LogP) is 2.68. The molecule has 25 heavy (non-hydrogen) atoms. The quantitative estimate of drug-likeness (QED) is 0.687. The van der Waals surface area contributed by atoms with Gasteiger partial charge in [0.15, 0.2) is 0 Å². The van der Waals surface area contributed by atoms with Crippen molar-refractivity contribution in [2.75, 3.05) is 11.9 Å². The molecule has 13 heteroatoms. The summed E-state index contributed by atoms with van der Waals surface area (Å²) < 4.78 is 102. The molecule has 0 unspecified atom stereocenters. The number of aliphatic carboxylic acids is 1. The van der Waals surface area contributed by atoms with Gasteiger partial charge in [-0.1, -0.05) is 0 Å². The number of benzene rings is 1. The van der Waals surface area contributed by atoms with Crippen LogP contribution in [0.4, 0.5) is 40.8 Å². The Morgan fingerprint density at radius 2 is 1.44 bits per heavy atom. The number of halogens is 8. The molecule has 1 rings (SSSR count). The highest BCUT2D eigenvalue weighted by molar-refractivity contribution is 5.96. The molecule has 0 aliphatic carbocycles. The van der Waals surface area contributed by atoms with E-state index in [-0.39, 0.29) is 12.1 Å². The minimum atomic E-state index is -5.80. The Kier molecular flexibility index (Phi) is 5.81. The number of rotatable bonds is 5. The van der Waals surface area contributed by atoms with E-state index in [1.54, 1.807) is 5.32 Å². The topological polar surface area (TPSA) is 78.4 Å². The first-order valence-corrected chi connectivity index (χ1v) is 6.12. The molecule has 140 valence electrons. The number of anilines is 1. The van der Waals surface area contributed by atoms with Crippen LogP contribution >= 0.6 is 0 Å². The molecule has 0 saturated carbocycles. The summed E-state index contributed by atoms with van der Waals surface area (Å²) in [5.74, 6) is -6.67. The van der Waals surface area contributed by atoms with Crippen molar-refractivity contribution in [3.8, 4) is 0 Å². The molecule has 0 aliphatic heterocycles. The largest absolute Gasteiger partial charge is 0.480 e. The fraction of sp³-hybridized carbons (Fsp3) is 0.333. The molecular weight excluding hydrogens is 372 g/mol. The molecule has 0 aromatic heterocycles. The summed E-state index contributed by atoms with van der Waals surface area (Å²) in [4.78, 5) is 21.7. The van der Waals surface area contributed by atoms with E-state index < -0.39 is 59.7 Å². The predicted molar refractivity (Wildman–Crippen MR) is 65.8 cm³/mol. The fourth-order valence-electron chi connectivity index (χ4n) is 1.63. The lowest BCUT2D eigenvalue weighted by Gasteiger charge is -2.25. The van der Waals surface area contributed by atoms with Crippen molar-refractivity contribution in [3.63, 3.8) is 0 Å². The summed E-state index contributed by atoms with van der Waals surface area (Å²) in [6.45, 7) is -1.01. The standard InChI is InChI=1S/C12H8F8N2O3/c13-5-1-4(22-10(11(15,16)17)12(18,19)20)2-6(14)8(5)9(25)21-3-7(23)24/h1-2,10,22H,3H2,(H,21,25)(H,23,24). The Labute approximate surface area is 133 Å². The lowest BCUT2D eigenvalue weighted by atomic mass is 10.1. The summed E-state index contributed by atoms with van der Waals surface area (Å²) >= 11 is 0. The number of carboxylic acids is 1. The highest BCUT2D eigenvalue weighted by Gasteiger charge is 2.56. The second-order valence-corrected chi connectivity index (χ2v) is 4.55. The summed E-state index contributed by atoms with van der Waals surface area (Å²) in [6.07, 6.45) is -11.6. The number of nitrogens with one attached hydrogen (secondary N) is 2. The van der Waals surface area contributed by atoms with Gasteiger partial charge in [-0.05, 0) is 12.1 Å². The van der Waals surface area contributed by atoms with Crippen LogP contribution in [-0.4, -0.2) is 41.9 Å².